The van der Waals surface area contributed by atoms with E-state index in [1.165, 1.54) is 33.6 Å². The van der Waals surface area contributed by atoms with E-state index in [9.17, 15) is 17.6 Å². The minimum atomic E-state index is -3.68. The quantitative estimate of drug-likeness (QED) is 0.731. The van der Waals surface area contributed by atoms with E-state index in [2.05, 4.69) is 4.98 Å². The Labute approximate surface area is 163 Å². The van der Waals surface area contributed by atoms with Crippen molar-refractivity contribution in [2.45, 2.75) is 18.3 Å². The number of rotatable bonds is 6. The largest absolute Gasteiger partial charge is 0.472 e. The monoisotopic (exact) mass is 407 g/mol. The summed E-state index contributed by atoms with van der Waals surface area (Å²) in [6, 6.07) is 9.09. The van der Waals surface area contributed by atoms with Crippen LogP contribution in [0.5, 0.6) is 5.88 Å². The number of halogens is 1. The summed E-state index contributed by atoms with van der Waals surface area (Å²) < 4.78 is 46.2. The van der Waals surface area contributed by atoms with Crippen LogP contribution in [0.2, 0.25) is 0 Å². The molecular weight excluding hydrogens is 385 g/mol. The third-order valence-corrected chi connectivity index (χ3v) is 6.28. The Bertz CT molecular complexity index is 965. The molecule has 1 unspecified atom stereocenters. The van der Waals surface area contributed by atoms with Crippen LogP contribution in [0.1, 0.15) is 22.3 Å². The normalized spacial score (nSPS) is 17.5. The number of pyridine rings is 1. The van der Waals surface area contributed by atoms with Gasteiger partial charge in [-0.2, -0.15) is 4.31 Å². The SMILES string of the molecule is CN(C)C(=O)c1cccnc1OC1CCN(S(=O)(=O)Cc2ccccc2F)C1. The van der Waals surface area contributed by atoms with Crippen molar-refractivity contribution in [3.63, 3.8) is 0 Å². The molecule has 0 radical (unpaired) electrons. The standard InChI is InChI=1S/C19H22FN3O4S/c1-22(2)19(24)16-7-5-10-21-18(16)27-15-9-11-23(12-15)28(25,26)13-14-6-3-4-8-17(14)20/h3-8,10,15H,9,11-13H2,1-2H3. The van der Waals surface area contributed by atoms with Crippen LogP contribution in [-0.2, 0) is 15.8 Å². The second kappa shape index (κ2) is 8.24. The maximum atomic E-state index is 13.8. The van der Waals surface area contributed by atoms with E-state index in [-0.39, 0.29) is 30.4 Å². The van der Waals surface area contributed by atoms with Gasteiger partial charge in [-0.05, 0) is 24.6 Å². The number of nitrogens with zero attached hydrogens (tertiary/aromatic N) is 3. The first kappa shape index (κ1) is 20.2. The molecule has 1 aromatic carbocycles. The van der Waals surface area contributed by atoms with Crippen molar-refractivity contribution in [2.24, 2.45) is 0 Å². The summed E-state index contributed by atoms with van der Waals surface area (Å²) in [4.78, 5) is 17.8. The topological polar surface area (TPSA) is 79.8 Å². The van der Waals surface area contributed by atoms with E-state index >= 15 is 0 Å². The van der Waals surface area contributed by atoms with Crippen LogP contribution in [-0.4, -0.2) is 61.8 Å². The van der Waals surface area contributed by atoms with Crippen molar-refractivity contribution < 1.29 is 22.3 Å². The van der Waals surface area contributed by atoms with Gasteiger partial charge in [0.2, 0.25) is 15.9 Å². The van der Waals surface area contributed by atoms with Gasteiger partial charge in [-0.15, -0.1) is 0 Å². The van der Waals surface area contributed by atoms with Crippen LogP contribution >= 0.6 is 0 Å². The lowest BCUT2D eigenvalue weighted by molar-refractivity contribution is 0.0818. The lowest BCUT2D eigenvalue weighted by Gasteiger charge is -2.19. The minimum absolute atomic E-state index is 0.128. The summed E-state index contributed by atoms with van der Waals surface area (Å²) in [7, 11) is -0.422. The number of aromatic nitrogens is 1. The number of amides is 1. The zero-order valence-electron chi connectivity index (χ0n) is 15.7. The van der Waals surface area contributed by atoms with Crippen LogP contribution in [0.3, 0.4) is 0 Å². The molecule has 1 amide bonds. The third-order valence-electron chi connectivity index (χ3n) is 4.48. The highest BCUT2D eigenvalue weighted by atomic mass is 32.2. The molecule has 1 atom stereocenters. The number of hydrogen-bond donors (Lipinski definition) is 0. The molecule has 0 N–H and O–H groups in total. The van der Waals surface area contributed by atoms with Crippen molar-refractivity contribution in [3.05, 3.63) is 59.5 Å². The molecule has 0 spiro atoms. The van der Waals surface area contributed by atoms with Gasteiger partial charge >= 0.3 is 0 Å². The fourth-order valence-electron chi connectivity index (χ4n) is 3.00. The Morgan fingerprint density at radius 1 is 1.29 bits per heavy atom. The van der Waals surface area contributed by atoms with Gasteiger partial charge in [-0.1, -0.05) is 18.2 Å². The Balaban J connectivity index is 1.69. The molecule has 0 bridgehead atoms. The van der Waals surface area contributed by atoms with E-state index in [1.54, 1.807) is 32.3 Å². The Kier molecular flexibility index (Phi) is 5.95. The second-order valence-corrected chi connectivity index (χ2v) is 8.76. The van der Waals surface area contributed by atoms with Crippen molar-refractivity contribution in [2.75, 3.05) is 27.2 Å². The molecule has 3 rings (SSSR count). The van der Waals surface area contributed by atoms with Gasteiger partial charge in [0.25, 0.3) is 5.91 Å². The molecule has 0 saturated carbocycles. The van der Waals surface area contributed by atoms with Gasteiger partial charge in [0.05, 0.1) is 12.3 Å². The van der Waals surface area contributed by atoms with Crippen molar-refractivity contribution in [1.82, 2.24) is 14.2 Å². The fraction of sp³-hybridized carbons (Fsp3) is 0.368. The minimum Gasteiger partial charge on any atom is -0.472 e. The van der Waals surface area contributed by atoms with E-state index in [0.29, 0.717) is 12.0 Å². The molecule has 2 heterocycles. The van der Waals surface area contributed by atoms with Crippen LogP contribution in [0.15, 0.2) is 42.6 Å². The lowest BCUT2D eigenvalue weighted by atomic mass is 10.2. The lowest BCUT2D eigenvalue weighted by Crippen LogP contribution is -2.32. The van der Waals surface area contributed by atoms with E-state index in [4.69, 9.17) is 4.74 Å². The zero-order chi connectivity index (χ0) is 20.3. The summed E-state index contributed by atoms with van der Waals surface area (Å²) in [5.41, 5.74) is 0.454. The molecule has 0 aliphatic carbocycles. The van der Waals surface area contributed by atoms with Gasteiger partial charge in [-0.25, -0.2) is 17.8 Å². The molecular formula is C19H22FN3O4S. The van der Waals surface area contributed by atoms with Gasteiger partial charge < -0.3 is 9.64 Å². The molecule has 1 aliphatic heterocycles. The van der Waals surface area contributed by atoms with Crippen LogP contribution in [0.4, 0.5) is 4.39 Å². The highest BCUT2D eigenvalue weighted by Crippen LogP contribution is 2.24. The maximum Gasteiger partial charge on any atom is 0.258 e. The third kappa shape index (κ3) is 4.48. The van der Waals surface area contributed by atoms with Crippen molar-refractivity contribution >= 4 is 15.9 Å². The highest BCUT2D eigenvalue weighted by Gasteiger charge is 2.34. The molecule has 9 heteroatoms. The average molecular weight is 407 g/mol. The summed E-state index contributed by atoms with van der Waals surface area (Å²) >= 11 is 0. The first-order valence-corrected chi connectivity index (χ1v) is 10.4. The number of benzene rings is 1. The number of hydrogen-bond acceptors (Lipinski definition) is 5. The number of ether oxygens (including phenoxy) is 1. The average Bonchev–Trinajstić information content (AvgIpc) is 3.13. The van der Waals surface area contributed by atoms with E-state index in [0.717, 1.165) is 0 Å². The summed E-state index contributed by atoms with van der Waals surface area (Å²) in [6.07, 6.45) is 1.55. The molecule has 7 nitrogen and oxygen atoms in total. The predicted octanol–water partition coefficient (Wildman–Crippen LogP) is 1.91. The molecule has 1 fully saturated rings. The summed E-state index contributed by atoms with van der Waals surface area (Å²) in [5.74, 6) is -1.01. The van der Waals surface area contributed by atoms with E-state index in [1.807, 2.05) is 0 Å². The molecule has 1 aromatic heterocycles. The van der Waals surface area contributed by atoms with Gasteiger partial charge in [0, 0.05) is 32.4 Å². The predicted molar refractivity (Wildman–Crippen MR) is 102 cm³/mol. The van der Waals surface area contributed by atoms with E-state index < -0.39 is 27.7 Å². The highest BCUT2D eigenvalue weighted by molar-refractivity contribution is 7.88. The van der Waals surface area contributed by atoms with Gasteiger partial charge in [0.1, 0.15) is 17.5 Å². The molecule has 28 heavy (non-hydrogen) atoms. The summed E-state index contributed by atoms with van der Waals surface area (Å²) in [6.45, 7) is 0.397. The smallest absolute Gasteiger partial charge is 0.258 e. The first-order valence-electron chi connectivity index (χ1n) is 8.82. The zero-order valence-corrected chi connectivity index (χ0v) is 16.5. The van der Waals surface area contributed by atoms with Gasteiger partial charge in [0.15, 0.2) is 0 Å². The fourth-order valence-corrected chi connectivity index (χ4v) is 4.58. The number of carbonyl (C=O) groups is 1. The van der Waals surface area contributed by atoms with Crippen LogP contribution in [0.25, 0.3) is 0 Å². The Morgan fingerprint density at radius 2 is 2.04 bits per heavy atom. The second-order valence-electron chi connectivity index (χ2n) is 6.79. The van der Waals surface area contributed by atoms with Gasteiger partial charge in [-0.3, -0.25) is 4.79 Å². The first-order chi connectivity index (χ1) is 13.3. The number of carbonyl (C=O) groups excluding carboxylic acids is 1. The summed E-state index contributed by atoms with van der Waals surface area (Å²) in [5, 5.41) is 0. The molecule has 1 saturated heterocycles. The van der Waals surface area contributed by atoms with Crippen molar-refractivity contribution in [1.29, 1.82) is 0 Å². The van der Waals surface area contributed by atoms with Crippen LogP contribution < -0.4 is 4.74 Å². The number of sulfonamides is 1. The molecule has 150 valence electrons. The van der Waals surface area contributed by atoms with Crippen molar-refractivity contribution in [3.8, 4) is 5.88 Å². The maximum absolute atomic E-state index is 13.8. The Hall–Kier alpha value is -2.52. The van der Waals surface area contributed by atoms with Crippen LogP contribution in [0, 0.1) is 5.82 Å². The molecule has 1 aliphatic rings. The Morgan fingerprint density at radius 3 is 2.75 bits per heavy atom. The molecule has 2 aromatic rings.